The minimum absolute atomic E-state index is 0.0208. The fraction of sp³-hybridized carbons (Fsp3) is 0.345. The topological polar surface area (TPSA) is 29.1 Å². The minimum atomic E-state index is -0.0443. The summed E-state index contributed by atoms with van der Waals surface area (Å²) in [4.78, 5) is 12.6. The van der Waals surface area contributed by atoms with Crippen LogP contribution in [0.1, 0.15) is 79.9 Å². The molecule has 1 amide bonds. The summed E-state index contributed by atoms with van der Waals surface area (Å²) in [5, 5.41) is 3.08. The van der Waals surface area contributed by atoms with Gasteiger partial charge in [0.2, 0.25) is 0 Å². The number of rotatable bonds is 11. The number of hydrogen-bond acceptors (Lipinski definition) is 1. The first kappa shape index (κ1) is 22.8. The van der Waals surface area contributed by atoms with Gasteiger partial charge < -0.3 is 5.32 Å². The van der Waals surface area contributed by atoms with Gasteiger partial charge in [0.1, 0.15) is 0 Å². The number of hydrogen-bond donors (Lipinski definition) is 1. The second kappa shape index (κ2) is 12.1. The van der Waals surface area contributed by atoms with E-state index < -0.39 is 0 Å². The van der Waals surface area contributed by atoms with Crippen LogP contribution in [0.2, 0.25) is 0 Å². The monoisotopic (exact) mass is 413 g/mol. The van der Waals surface area contributed by atoms with Gasteiger partial charge in [-0.2, -0.15) is 0 Å². The Hall–Kier alpha value is -2.87. The van der Waals surface area contributed by atoms with Gasteiger partial charge in [-0.3, -0.25) is 4.79 Å². The smallest absolute Gasteiger partial charge is 0.251 e. The SMILES string of the molecule is CCCCCCCCc1ccc(-c2ccc(C(=O)N[C@@H](C)c3ccccc3)cc2)cc1. The molecule has 0 aromatic heterocycles. The number of aryl methyl sites for hydroxylation is 1. The lowest BCUT2D eigenvalue weighted by molar-refractivity contribution is 0.0940. The highest BCUT2D eigenvalue weighted by Gasteiger charge is 2.11. The Kier molecular flexibility index (Phi) is 8.90. The van der Waals surface area contributed by atoms with Crippen LogP contribution in [0, 0.1) is 0 Å². The number of carbonyl (C=O) groups excluding carboxylic acids is 1. The molecule has 2 nitrogen and oxygen atoms in total. The van der Waals surface area contributed by atoms with E-state index in [0.717, 1.165) is 17.5 Å². The molecule has 3 aromatic carbocycles. The molecular formula is C29H35NO. The highest BCUT2D eigenvalue weighted by Crippen LogP contribution is 2.22. The van der Waals surface area contributed by atoms with Crippen LogP contribution in [0.3, 0.4) is 0 Å². The van der Waals surface area contributed by atoms with Crippen molar-refractivity contribution in [2.75, 3.05) is 0 Å². The zero-order chi connectivity index (χ0) is 21.9. The number of nitrogens with one attached hydrogen (secondary N) is 1. The molecule has 31 heavy (non-hydrogen) atoms. The lowest BCUT2D eigenvalue weighted by atomic mass is 10.00. The number of carbonyl (C=O) groups is 1. The Morgan fingerprint density at radius 1 is 0.742 bits per heavy atom. The van der Waals surface area contributed by atoms with Crippen molar-refractivity contribution in [2.24, 2.45) is 0 Å². The Balaban J connectivity index is 1.51. The first-order chi connectivity index (χ1) is 15.2. The highest BCUT2D eigenvalue weighted by molar-refractivity contribution is 5.94. The maximum absolute atomic E-state index is 12.6. The second-order valence-electron chi connectivity index (χ2n) is 8.40. The summed E-state index contributed by atoms with van der Waals surface area (Å²) in [6, 6.07) is 26.8. The summed E-state index contributed by atoms with van der Waals surface area (Å²) in [5.41, 5.74) is 5.53. The standard InChI is InChI=1S/C29H35NO/c1-3-4-5-6-7-9-12-24-15-17-26(18-16-24)27-19-21-28(22-20-27)29(31)30-23(2)25-13-10-8-11-14-25/h8,10-11,13-23H,3-7,9,12H2,1-2H3,(H,30,31)/t23-/m0/s1. The lowest BCUT2D eigenvalue weighted by Crippen LogP contribution is -2.26. The van der Waals surface area contributed by atoms with Gasteiger partial charge in [-0.05, 0) is 54.2 Å². The van der Waals surface area contributed by atoms with Crippen molar-refractivity contribution in [2.45, 2.75) is 64.8 Å². The molecule has 0 radical (unpaired) electrons. The molecular weight excluding hydrogens is 378 g/mol. The summed E-state index contributed by atoms with van der Waals surface area (Å²) in [5.74, 6) is -0.0443. The first-order valence-corrected chi connectivity index (χ1v) is 11.7. The van der Waals surface area contributed by atoms with Crippen LogP contribution in [-0.4, -0.2) is 5.91 Å². The summed E-state index contributed by atoms with van der Waals surface area (Å²) in [7, 11) is 0. The fourth-order valence-corrected chi connectivity index (χ4v) is 3.89. The predicted octanol–water partition coefficient (Wildman–Crippen LogP) is 7.75. The highest BCUT2D eigenvalue weighted by atomic mass is 16.1. The van der Waals surface area contributed by atoms with Crippen LogP contribution < -0.4 is 5.32 Å². The van der Waals surface area contributed by atoms with Crippen molar-refractivity contribution in [3.8, 4) is 11.1 Å². The van der Waals surface area contributed by atoms with Crippen molar-refractivity contribution >= 4 is 5.91 Å². The molecule has 0 aliphatic rings. The van der Waals surface area contributed by atoms with E-state index in [2.05, 4.69) is 36.5 Å². The first-order valence-electron chi connectivity index (χ1n) is 11.7. The molecule has 1 N–H and O–H groups in total. The fourth-order valence-electron chi connectivity index (χ4n) is 3.89. The van der Waals surface area contributed by atoms with Crippen LogP contribution in [0.4, 0.5) is 0 Å². The average Bonchev–Trinajstić information content (AvgIpc) is 2.82. The van der Waals surface area contributed by atoms with E-state index in [0.29, 0.717) is 5.56 Å². The van der Waals surface area contributed by atoms with E-state index in [9.17, 15) is 4.79 Å². The average molecular weight is 414 g/mol. The van der Waals surface area contributed by atoms with E-state index in [1.54, 1.807) is 0 Å². The molecule has 0 bridgehead atoms. The molecule has 0 spiro atoms. The van der Waals surface area contributed by atoms with Crippen molar-refractivity contribution < 1.29 is 4.79 Å². The molecule has 2 heteroatoms. The summed E-state index contributed by atoms with van der Waals surface area (Å²) < 4.78 is 0. The van der Waals surface area contributed by atoms with E-state index >= 15 is 0 Å². The van der Waals surface area contributed by atoms with Gasteiger partial charge in [-0.1, -0.05) is 106 Å². The number of unbranched alkanes of at least 4 members (excludes halogenated alkanes) is 5. The summed E-state index contributed by atoms with van der Waals surface area (Å²) in [6.07, 6.45) is 9.15. The van der Waals surface area contributed by atoms with Crippen molar-refractivity contribution in [3.63, 3.8) is 0 Å². The normalized spacial score (nSPS) is 11.8. The maximum Gasteiger partial charge on any atom is 0.251 e. The largest absolute Gasteiger partial charge is 0.346 e. The molecule has 0 aliphatic carbocycles. The van der Waals surface area contributed by atoms with Crippen molar-refractivity contribution in [1.29, 1.82) is 0 Å². The van der Waals surface area contributed by atoms with Gasteiger partial charge in [0, 0.05) is 5.56 Å². The molecule has 0 heterocycles. The lowest BCUT2D eigenvalue weighted by Gasteiger charge is -2.14. The zero-order valence-corrected chi connectivity index (χ0v) is 18.9. The number of amides is 1. The Bertz CT molecular complexity index is 913. The summed E-state index contributed by atoms with van der Waals surface area (Å²) >= 11 is 0. The predicted molar refractivity (Wildman–Crippen MR) is 131 cm³/mol. The zero-order valence-electron chi connectivity index (χ0n) is 18.9. The van der Waals surface area contributed by atoms with Crippen LogP contribution >= 0.6 is 0 Å². The third-order valence-electron chi connectivity index (χ3n) is 5.90. The third kappa shape index (κ3) is 7.10. The van der Waals surface area contributed by atoms with Gasteiger partial charge in [0.15, 0.2) is 0 Å². The van der Waals surface area contributed by atoms with E-state index in [1.165, 1.54) is 49.7 Å². The molecule has 1 atom stereocenters. The van der Waals surface area contributed by atoms with Crippen LogP contribution in [-0.2, 0) is 6.42 Å². The van der Waals surface area contributed by atoms with Crippen molar-refractivity contribution in [1.82, 2.24) is 5.32 Å². The van der Waals surface area contributed by atoms with E-state index in [1.807, 2.05) is 61.5 Å². The molecule has 0 saturated carbocycles. The quantitative estimate of drug-likeness (QED) is 0.320. The van der Waals surface area contributed by atoms with E-state index in [4.69, 9.17) is 0 Å². The molecule has 0 fully saturated rings. The Labute approximate surface area is 187 Å². The third-order valence-corrected chi connectivity index (χ3v) is 5.90. The van der Waals surface area contributed by atoms with Gasteiger partial charge in [0.25, 0.3) is 5.91 Å². The summed E-state index contributed by atoms with van der Waals surface area (Å²) in [6.45, 7) is 4.27. The second-order valence-corrected chi connectivity index (χ2v) is 8.40. The van der Waals surface area contributed by atoms with Crippen molar-refractivity contribution in [3.05, 3.63) is 95.6 Å². The number of benzene rings is 3. The van der Waals surface area contributed by atoms with Gasteiger partial charge in [0.05, 0.1) is 6.04 Å². The molecule has 0 unspecified atom stereocenters. The van der Waals surface area contributed by atoms with Crippen LogP contribution in [0.25, 0.3) is 11.1 Å². The maximum atomic E-state index is 12.6. The van der Waals surface area contributed by atoms with Crippen LogP contribution in [0.15, 0.2) is 78.9 Å². The Morgan fingerprint density at radius 2 is 1.32 bits per heavy atom. The molecule has 3 rings (SSSR count). The molecule has 3 aromatic rings. The van der Waals surface area contributed by atoms with Crippen LogP contribution in [0.5, 0.6) is 0 Å². The Morgan fingerprint density at radius 3 is 1.97 bits per heavy atom. The molecule has 0 saturated heterocycles. The molecule has 0 aliphatic heterocycles. The van der Waals surface area contributed by atoms with Gasteiger partial charge in [-0.25, -0.2) is 0 Å². The minimum Gasteiger partial charge on any atom is -0.346 e. The van der Waals surface area contributed by atoms with E-state index in [-0.39, 0.29) is 11.9 Å². The van der Waals surface area contributed by atoms with Gasteiger partial charge >= 0.3 is 0 Å². The molecule has 162 valence electrons. The van der Waals surface area contributed by atoms with Gasteiger partial charge in [-0.15, -0.1) is 0 Å².